The second-order valence-electron chi connectivity index (χ2n) is 1.80. The molecule has 0 aliphatic carbocycles. The molecule has 0 spiro atoms. The van der Waals surface area contributed by atoms with Crippen molar-refractivity contribution in [3.8, 4) is 0 Å². The topological polar surface area (TPSA) is 0 Å². The molecule has 0 amide bonds. The van der Waals surface area contributed by atoms with E-state index < -0.39 is 0 Å². The second kappa shape index (κ2) is 5.00. The third-order valence-electron chi connectivity index (χ3n) is 0.816. The van der Waals surface area contributed by atoms with E-state index in [2.05, 4.69) is 20.8 Å². The SMILES string of the molecule is CCC(C)C.[C]. The molecule has 0 unspecified atom stereocenters. The van der Waals surface area contributed by atoms with Crippen molar-refractivity contribution >= 4 is 0 Å². The van der Waals surface area contributed by atoms with Gasteiger partial charge in [-0.05, 0) is 5.92 Å². The van der Waals surface area contributed by atoms with E-state index in [0.717, 1.165) is 5.92 Å². The van der Waals surface area contributed by atoms with Gasteiger partial charge in [-0.1, -0.05) is 27.2 Å². The van der Waals surface area contributed by atoms with Crippen LogP contribution in [0.3, 0.4) is 0 Å². The highest BCUT2D eigenvalue weighted by atomic mass is 13.9. The largest absolute Gasteiger partial charge is 0.0651 e. The summed E-state index contributed by atoms with van der Waals surface area (Å²) < 4.78 is 0. The monoisotopic (exact) mass is 84.1 g/mol. The van der Waals surface area contributed by atoms with Crippen molar-refractivity contribution in [1.82, 2.24) is 0 Å². The van der Waals surface area contributed by atoms with Gasteiger partial charge in [0.15, 0.2) is 0 Å². The lowest BCUT2D eigenvalue weighted by Gasteiger charge is -1.90. The molecule has 0 heteroatoms. The highest BCUT2D eigenvalue weighted by molar-refractivity contribution is 4.32. The Kier molecular flexibility index (Phi) is 7.81. The Labute approximate surface area is 41.6 Å². The van der Waals surface area contributed by atoms with E-state index in [1.807, 2.05) is 0 Å². The molecule has 0 fully saturated rings. The molecule has 0 N–H and O–H groups in total. The molecule has 0 atom stereocenters. The molecule has 0 aromatic rings. The van der Waals surface area contributed by atoms with Crippen LogP contribution in [0.1, 0.15) is 27.2 Å². The first-order valence-corrected chi connectivity index (χ1v) is 2.27. The van der Waals surface area contributed by atoms with E-state index in [-0.39, 0.29) is 7.43 Å². The molecule has 36 valence electrons. The Morgan fingerprint density at radius 3 is 1.50 bits per heavy atom. The standard InChI is InChI=1S/C5H12.C/c1-4-5(2)3;/h5H,4H2,1-3H3;. The molecule has 0 saturated carbocycles. The molecule has 0 aliphatic rings. The van der Waals surface area contributed by atoms with Crippen LogP contribution in [0.2, 0.25) is 0 Å². The predicted octanol–water partition coefficient (Wildman–Crippen LogP) is 2.13. The van der Waals surface area contributed by atoms with Crippen LogP contribution in [0, 0.1) is 13.3 Å². The van der Waals surface area contributed by atoms with Gasteiger partial charge < -0.3 is 0 Å². The Balaban J connectivity index is 0. The summed E-state index contributed by atoms with van der Waals surface area (Å²) in [5.41, 5.74) is 0. The summed E-state index contributed by atoms with van der Waals surface area (Å²) in [7, 11) is 0. The molecule has 0 aromatic heterocycles. The zero-order chi connectivity index (χ0) is 4.28. The lowest BCUT2D eigenvalue weighted by molar-refractivity contribution is 0.626. The van der Waals surface area contributed by atoms with E-state index in [9.17, 15) is 0 Å². The summed E-state index contributed by atoms with van der Waals surface area (Å²) in [6.45, 7) is 6.64. The molecule has 4 radical (unpaired) electrons. The Hall–Kier alpha value is 0. The molecule has 0 bridgehead atoms. The van der Waals surface area contributed by atoms with Crippen molar-refractivity contribution in [1.29, 1.82) is 0 Å². The lowest BCUT2D eigenvalue weighted by atomic mass is 10.2. The summed E-state index contributed by atoms with van der Waals surface area (Å²) in [5.74, 6) is 0.884. The van der Waals surface area contributed by atoms with Crippen LogP contribution < -0.4 is 0 Å². The minimum Gasteiger partial charge on any atom is -0.0651 e. The first-order valence-electron chi connectivity index (χ1n) is 2.27. The van der Waals surface area contributed by atoms with Crippen LogP contribution in [-0.2, 0) is 0 Å². The maximum Gasteiger partial charge on any atom is 0 e. The smallest absolute Gasteiger partial charge is 0 e. The fraction of sp³-hybridized carbons (Fsp3) is 0.833. The zero-order valence-corrected chi connectivity index (χ0v) is 4.78. The van der Waals surface area contributed by atoms with Crippen molar-refractivity contribution in [2.45, 2.75) is 27.2 Å². The van der Waals surface area contributed by atoms with Gasteiger partial charge in [0, 0.05) is 7.43 Å². The lowest BCUT2D eigenvalue weighted by Crippen LogP contribution is -1.77. The normalized spacial score (nSPS) is 8.00. The summed E-state index contributed by atoms with van der Waals surface area (Å²) in [5, 5.41) is 0. The van der Waals surface area contributed by atoms with E-state index in [0.29, 0.717) is 0 Å². The number of hydrogen-bond acceptors (Lipinski definition) is 0. The zero-order valence-electron chi connectivity index (χ0n) is 4.78. The van der Waals surface area contributed by atoms with Crippen molar-refractivity contribution in [2.24, 2.45) is 5.92 Å². The average molecular weight is 84.2 g/mol. The Morgan fingerprint density at radius 1 is 1.33 bits per heavy atom. The molecule has 0 rings (SSSR count). The average Bonchev–Trinajstić information content (AvgIpc) is 1.38. The van der Waals surface area contributed by atoms with Gasteiger partial charge in [0.2, 0.25) is 0 Å². The van der Waals surface area contributed by atoms with Gasteiger partial charge in [-0.2, -0.15) is 0 Å². The fourth-order valence-corrected chi connectivity index (χ4v) is 0. The van der Waals surface area contributed by atoms with Gasteiger partial charge in [-0.15, -0.1) is 0 Å². The van der Waals surface area contributed by atoms with Crippen LogP contribution in [0.5, 0.6) is 0 Å². The van der Waals surface area contributed by atoms with Crippen LogP contribution in [-0.4, -0.2) is 0 Å². The van der Waals surface area contributed by atoms with Crippen molar-refractivity contribution in [3.63, 3.8) is 0 Å². The number of hydrogen-bond donors (Lipinski definition) is 0. The van der Waals surface area contributed by atoms with Gasteiger partial charge in [0.05, 0.1) is 0 Å². The molecule has 6 heavy (non-hydrogen) atoms. The maximum absolute atomic E-state index is 2.22. The summed E-state index contributed by atoms with van der Waals surface area (Å²) in [6, 6.07) is 0. The third-order valence-corrected chi connectivity index (χ3v) is 0.816. The summed E-state index contributed by atoms with van der Waals surface area (Å²) in [4.78, 5) is 0. The molecular formula is C6H12. The van der Waals surface area contributed by atoms with Crippen molar-refractivity contribution < 1.29 is 0 Å². The van der Waals surface area contributed by atoms with Crippen LogP contribution in [0.25, 0.3) is 0 Å². The van der Waals surface area contributed by atoms with Crippen molar-refractivity contribution in [3.05, 3.63) is 7.43 Å². The first kappa shape index (κ1) is 9.38. The molecule has 0 heterocycles. The Morgan fingerprint density at radius 2 is 1.50 bits per heavy atom. The van der Waals surface area contributed by atoms with E-state index >= 15 is 0 Å². The minimum atomic E-state index is 0. The predicted molar refractivity (Wildman–Crippen MR) is 28.4 cm³/mol. The molecule has 0 saturated heterocycles. The van der Waals surface area contributed by atoms with Crippen LogP contribution >= 0.6 is 0 Å². The maximum atomic E-state index is 2.22. The van der Waals surface area contributed by atoms with E-state index in [1.165, 1.54) is 6.42 Å². The second-order valence-corrected chi connectivity index (χ2v) is 1.80. The van der Waals surface area contributed by atoms with Crippen LogP contribution in [0.4, 0.5) is 0 Å². The molecular weight excluding hydrogens is 72.1 g/mol. The molecule has 0 nitrogen and oxygen atoms in total. The Bertz CT molecular complexity index is 14.0. The van der Waals surface area contributed by atoms with Gasteiger partial charge in [-0.25, -0.2) is 0 Å². The minimum absolute atomic E-state index is 0. The first-order chi connectivity index (χ1) is 2.27. The fourth-order valence-electron chi connectivity index (χ4n) is 0. The van der Waals surface area contributed by atoms with Gasteiger partial charge in [0.1, 0.15) is 0 Å². The van der Waals surface area contributed by atoms with E-state index in [4.69, 9.17) is 0 Å². The number of rotatable bonds is 1. The van der Waals surface area contributed by atoms with Crippen molar-refractivity contribution in [2.75, 3.05) is 0 Å². The quantitative estimate of drug-likeness (QED) is 0.456. The van der Waals surface area contributed by atoms with Gasteiger partial charge in [-0.3, -0.25) is 0 Å². The summed E-state index contributed by atoms with van der Waals surface area (Å²) in [6.07, 6.45) is 1.31. The van der Waals surface area contributed by atoms with Crippen LogP contribution in [0.15, 0.2) is 0 Å². The summed E-state index contributed by atoms with van der Waals surface area (Å²) >= 11 is 0. The van der Waals surface area contributed by atoms with Gasteiger partial charge >= 0.3 is 0 Å². The highest BCUT2D eigenvalue weighted by Gasteiger charge is 1.80. The molecule has 0 aliphatic heterocycles. The third kappa shape index (κ3) is 9.00. The van der Waals surface area contributed by atoms with E-state index in [1.54, 1.807) is 0 Å². The van der Waals surface area contributed by atoms with Gasteiger partial charge in [0.25, 0.3) is 0 Å². The molecule has 0 aromatic carbocycles. The highest BCUT2D eigenvalue weighted by Crippen LogP contribution is 1.93.